The third kappa shape index (κ3) is 5.50. The highest BCUT2D eigenvalue weighted by molar-refractivity contribution is 6.09. The van der Waals surface area contributed by atoms with Crippen LogP contribution in [-0.4, -0.2) is 29.0 Å². The Kier molecular flexibility index (Phi) is 7.20. The second kappa shape index (κ2) is 7.87. The van der Waals surface area contributed by atoms with Gasteiger partial charge in [-0.2, -0.15) is 0 Å². The van der Waals surface area contributed by atoms with Crippen LogP contribution in [0.15, 0.2) is 23.8 Å². The van der Waals surface area contributed by atoms with Gasteiger partial charge in [-0.1, -0.05) is 12.2 Å². The third-order valence-electron chi connectivity index (χ3n) is 2.24. The van der Waals surface area contributed by atoms with Crippen molar-refractivity contribution in [3.63, 3.8) is 0 Å². The molecule has 16 heavy (non-hydrogen) atoms. The van der Waals surface area contributed by atoms with E-state index < -0.39 is 5.97 Å². The summed E-state index contributed by atoms with van der Waals surface area (Å²) in [6.45, 7) is 7.25. The zero-order valence-corrected chi connectivity index (χ0v) is 12.0. The van der Waals surface area contributed by atoms with Crippen LogP contribution in [0.25, 0.3) is 0 Å². The standard InChI is InChI=1S/C11H18O4Si/c1-4-10(12)14-7-5-6-8(2)9(3)11(13)15-16/h4H,1,5-7H2,2-3,16H3. The predicted molar refractivity (Wildman–Crippen MR) is 64.8 cm³/mol. The van der Waals surface area contributed by atoms with E-state index in [0.29, 0.717) is 35.5 Å². The molecule has 0 N–H and O–H groups in total. The smallest absolute Gasteiger partial charge is 0.330 e. The molecule has 0 saturated heterocycles. The van der Waals surface area contributed by atoms with Crippen LogP contribution in [0.3, 0.4) is 0 Å². The number of ether oxygens (including phenoxy) is 1. The van der Waals surface area contributed by atoms with Crippen molar-refractivity contribution in [1.82, 2.24) is 0 Å². The highest BCUT2D eigenvalue weighted by atomic mass is 28.2. The van der Waals surface area contributed by atoms with Crippen LogP contribution in [0.4, 0.5) is 0 Å². The summed E-state index contributed by atoms with van der Waals surface area (Å²) in [5, 5.41) is 0. The van der Waals surface area contributed by atoms with E-state index >= 15 is 0 Å². The lowest BCUT2D eigenvalue weighted by Crippen LogP contribution is -2.06. The maximum absolute atomic E-state index is 11.2. The van der Waals surface area contributed by atoms with Gasteiger partial charge in [0.25, 0.3) is 0 Å². The van der Waals surface area contributed by atoms with Gasteiger partial charge in [0, 0.05) is 11.6 Å². The summed E-state index contributed by atoms with van der Waals surface area (Å²) >= 11 is 0. The Bertz CT molecular complexity index is 307. The molecule has 0 spiro atoms. The number of esters is 1. The van der Waals surface area contributed by atoms with Gasteiger partial charge in [0.05, 0.1) is 6.61 Å². The van der Waals surface area contributed by atoms with Gasteiger partial charge >= 0.3 is 11.9 Å². The number of carbonyl (C=O) groups is 2. The van der Waals surface area contributed by atoms with Crippen molar-refractivity contribution in [1.29, 1.82) is 0 Å². The van der Waals surface area contributed by atoms with Crippen molar-refractivity contribution in [3.8, 4) is 0 Å². The Labute approximate surface area is 98.9 Å². The van der Waals surface area contributed by atoms with Gasteiger partial charge in [0.15, 0.2) is 0 Å². The Hall–Kier alpha value is -1.36. The van der Waals surface area contributed by atoms with E-state index in [4.69, 9.17) is 9.16 Å². The molecule has 0 radical (unpaired) electrons. The summed E-state index contributed by atoms with van der Waals surface area (Å²) in [5.74, 6) is -0.676. The first-order valence-corrected chi connectivity index (χ1v) is 5.88. The lowest BCUT2D eigenvalue weighted by Gasteiger charge is -2.06. The van der Waals surface area contributed by atoms with Gasteiger partial charge < -0.3 is 9.16 Å². The molecule has 0 atom stereocenters. The molecule has 0 aromatic carbocycles. The minimum absolute atomic E-state index is 0.257. The Morgan fingerprint density at radius 2 is 2.00 bits per heavy atom. The highest BCUT2D eigenvalue weighted by Gasteiger charge is 2.06. The molecule has 4 nitrogen and oxygen atoms in total. The first kappa shape index (κ1) is 14.6. The zero-order chi connectivity index (χ0) is 12.6. The zero-order valence-electron chi connectivity index (χ0n) is 10.0. The molecule has 0 aromatic heterocycles. The van der Waals surface area contributed by atoms with E-state index in [9.17, 15) is 9.59 Å². The maximum atomic E-state index is 11.2. The summed E-state index contributed by atoms with van der Waals surface area (Å²) in [4.78, 5) is 21.9. The van der Waals surface area contributed by atoms with E-state index in [1.54, 1.807) is 6.92 Å². The highest BCUT2D eigenvalue weighted by Crippen LogP contribution is 2.11. The molecule has 0 aliphatic heterocycles. The van der Waals surface area contributed by atoms with E-state index in [1.165, 1.54) is 0 Å². The number of allylic oxidation sites excluding steroid dienone is 1. The van der Waals surface area contributed by atoms with Crippen molar-refractivity contribution < 1.29 is 18.8 Å². The molecule has 5 heteroatoms. The van der Waals surface area contributed by atoms with E-state index in [-0.39, 0.29) is 5.97 Å². The van der Waals surface area contributed by atoms with Crippen LogP contribution in [-0.2, 0) is 18.8 Å². The van der Waals surface area contributed by atoms with Crippen molar-refractivity contribution in [2.75, 3.05) is 6.61 Å². The predicted octanol–water partition coefficient (Wildman–Crippen LogP) is 0.656. The molecule has 0 aromatic rings. The van der Waals surface area contributed by atoms with Crippen LogP contribution in [0, 0.1) is 0 Å². The minimum atomic E-state index is -0.419. The average Bonchev–Trinajstić information content (AvgIpc) is 2.31. The van der Waals surface area contributed by atoms with E-state index in [0.717, 1.165) is 11.6 Å². The van der Waals surface area contributed by atoms with Gasteiger partial charge in [0.1, 0.15) is 0 Å². The number of hydrogen-bond donors (Lipinski definition) is 0. The summed E-state index contributed by atoms with van der Waals surface area (Å²) in [7, 11) is 0.406. The van der Waals surface area contributed by atoms with E-state index in [1.807, 2.05) is 6.92 Å². The fourth-order valence-corrected chi connectivity index (χ4v) is 1.39. The van der Waals surface area contributed by atoms with Crippen LogP contribution in [0.1, 0.15) is 26.7 Å². The van der Waals surface area contributed by atoms with Crippen molar-refractivity contribution >= 4 is 22.4 Å². The van der Waals surface area contributed by atoms with Crippen LogP contribution in [0.5, 0.6) is 0 Å². The second-order valence-corrected chi connectivity index (χ2v) is 3.78. The molecular weight excluding hydrogens is 224 g/mol. The second-order valence-electron chi connectivity index (χ2n) is 3.37. The van der Waals surface area contributed by atoms with Gasteiger partial charge in [-0.05, 0) is 26.7 Å². The monoisotopic (exact) mass is 242 g/mol. The van der Waals surface area contributed by atoms with E-state index in [2.05, 4.69) is 6.58 Å². The van der Waals surface area contributed by atoms with Crippen LogP contribution in [0.2, 0.25) is 0 Å². The van der Waals surface area contributed by atoms with Crippen molar-refractivity contribution in [2.45, 2.75) is 26.7 Å². The maximum Gasteiger partial charge on any atom is 0.330 e. The van der Waals surface area contributed by atoms with Crippen molar-refractivity contribution in [2.24, 2.45) is 0 Å². The first-order valence-electron chi connectivity index (χ1n) is 5.06. The molecule has 0 saturated carbocycles. The summed E-state index contributed by atoms with van der Waals surface area (Å²) in [5.41, 5.74) is 1.61. The lowest BCUT2D eigenvalue weighted by molar-refractivity contribution is -0.137. The number of rotatable bonds is 6. The quantitative estimate of drug-likeness (QED) is 0.297. The Morgan fingerprint density at radius 3 is 2.50 bits per heavy atom. The summed E-state index contributed by atoms with van der Waals surface area (Å²) < 4.78 is 9.56. The normalized spacial score (nSPS) is 11.6. The average molecular weight is 242 g/mol. The topological polar surface area (TPSA) is 52.6 Å². The molecule has 0 aliphatic carbocycles. The minimum Gasteiger partial charge on any atom is -0.526 e. The van der Waals surface area contributed by atoms with Crippen LogP contribution < -0.4 is 0 Å². The van der Waals surface area contributed by atoms with Crippen molar-refractivity contribution in [3.05, 3.63) is 23.8 Å². The molecule has 0 fully saturated rings. The molecule has 0 unspecified atom stereocenters. The largest absolute Gasteiger partial charge is 0.526 e. The van der Waals surface area contributed by atoms with Gasteiger partial charge in [-0.3, -0.25) is 0 Å². The molecular formula is C11H18O4Si. The summed E-state index contributed by atoms with van der Waals surface area (Å²) in [6.07, 6.45) is 2.54. The van der Waals surface area contributed by atoms with Gasteiger partial charge in [0.2, 0.25) is 10.5 Å². The number of carbonyl (C=O) groups excluding carboxylic acids is 2. The fraction of sp³-hybridized carbons (Fsp3) is 0.455. The van der Waals surface area contributed by atoms with Gasteiger partial charge in [-0.15, -0.1) is 0 Å². The number of hydrogen-bond acceptors (Lipinski definition) is 4. The molecule has 0 bridgehead atoms. The first-order chi connectivity index (χ1) is 7.52. The van der Waals surface area contributed by atoms with Crippen LogP contribution >= 0.6 is 0 Å². The Balaban J connectivity index is 3.97. The molecule has 0 heterocycles. The fourth-order valence-electron chi connectivity index (χ4n) is 1.08. The molecule has 0 rings (SSSR count). The molecule has 0 aliphatic rings. The summed E-state index contributed by atoms with van der Waals surface area (Å²) in [6, 6.07) is 0. The SMILES string of the molecule is C=CC(=O)OCCCC(C)=C(C)C(=O)O[SiH3]. The molecule has 0 amide bonds. The Morgan fingerprint density at radius 1 is 1.38 bits per heavy atom. The molecule has 90 valence electrons. The third-order valence-corrected chi connectivity index (χ3v) is 2.61. The van der Waals surface area contributed by atoms with Gasteiger partial charge in [-0.25, -0.2) is 9.59 Å². The lowest BCUT2D eigenvalue weighted by atomic mass is 10.1.